The predicted molar refractivity (Wildman–Crippen MR) is 239 cm³/mol. The third kappa shape index (κ3) is 10.5. The fourth-order valence-electron chi connectivity index (χ4n) is 10.1. The van der Waals surface area contributed by atoms with Gasteiger partial charge in [-0.05, 0) is 95.0 Å². The Hall–Kier alpha value is -4.68. The van der Waals surface area contributed by atoms with Gasteiger partial charge >= 0.3 is 0 Å². The second kappa shape index (κ2) is 18.0. The van der Waals surface area contributed by atoms with Gasteiger partial charge in [-0.15, -0.1) is 0 Å². The monoisotopic (exact) mass is 841 g/mol. The molecule has 2 saturated heterocycles. The number of sulfonamides is 1. The molecule has 0 spiro atoms. The highest BCUT2D eigenvalue weighted by atomic mass is 32.2. The molecule has 1 amide bonds. The smallest absolute Gasteiger partial charge is 0.241 e. The van der Waals surface area contributed by atoms with Gasteiger partial charge in [-0.1, -0.05) is 136 Å². The van der Waals surface area contributed by atoms with Crippen molar-refractivity contribution in [3.63, 3.8) is 0 Å². The average Bonchev–Trinajstić information content (AvgIpc) is 3.49. The maximum absolute atomic E-state index is 13.7. The van der Waals surface area contributed by atoms with Crippen LogP contribution in [0.5, 0.6) is 0 Å². The molecule has 10 heteroatoms. The van der Waals surface area contributed by atoms with Crippen LogP contribution in [0.4, 0.5) is 0 Å². The summed E-state index contributed by atoms with van der Waals surface area (Å²) in [6.07, 6.45) is 3.96. The van der Waals surface area contributed by atoms with Crippen LogP contribution in [-0.2, 0) is 43.9 Å². The number of aliphatic hydroxyl groups excluding tert-OH is 1. The Kier molecular flexibility index (Phi) is 12.7. The summed E-state index contributed by atoms with van der Waals surface area (Å²) >= 11 is 0. The number of ether oxygens (including phenoxy) is 2. The lowest BCUT2D eigenvalue weighted by atomic mass is 9.65. The van der Waals surface area contributed by atoms with Gasteiger partial charge in [0.2, 0.25) is 15.9 Å². The number of benzene rings is 5. The van der Waals surface area contributed by atoms with E-state index in [1.807, 2.05) is 73.7 Å². The molecule has 3 aliphatic rings. The zero-order valence-electron chi connectivity index (χ0n) is 35.7. The van der Waals surface area contributed by atoms with Gasteiger partial charge in [-0.2, -0.15) is 4.72 Å². The summed E-state index contributed by atoms with van der Waals surface area (Å²) in [4.78, 5) is 16.5. The Labute approximate surface area is 361 Å². The van der Waals surface area contributed by atoms with E-state index in [2.05, 4.69) is 72.1 Å². The van der Waals surface area contributed by atoms with E-state index in [0.717, 1.165) is 64.0 Å². The fraction of sp³-hybridized carbons (Fsp3) is 0.392. The zero-order chi connectivity index (χ0) is 42.8. The molecular weight excluding hydrogens is 783 g/mol. The van der Waals surface area contributed by atoms with E-state index in [4.69, 9.17) is 9.47 Å². The first-order valence-electron chi connectivity index (χ1n) is 21.6. The minimum Gasteiger partial charge on any atom is -0.392 e. The van der Waals surface area contributed by atoms with Gasteiger partial charge in [0, 0.05) is 37.7 Å². The molecule has 320 valence electrons. The molecule has 2 bridgehead atoms. The largest absolute Gasteiger partial charge is 0.392 e. The number of amides is 1. The lowest BCUT2D eigenvalue weighted by molar-refractivity contribution is -0.253. The van der Waals surface area contributed by atoms with Gasteiger partial charge in [-0.25, -0.2) is 8.42 Å². The third-order valence-electron chi connectivity index (χ3n) is 12.7. The summed E-state index contributed by atoms with van der Waals surface area (Å²) in [6.45, 7) is 11.4. The van der Waals surface area contributed by atoms with Crippen molar-refractivity contribution in [3.05, 3.63) is 161 Å². The highest BCUT2D eigenvalue weighted by Crippen LogP contribution is 2.53. The predicted octanol–water partition coefficient (Wildman–Crippen LogP) is 8.81. The molecule has 9 nitrogen and oxygen atoms in total. The highest BCUT2D eigenvalue weighted by Gasteiger charge is 2.50. The van der Waals surface area contributed by atoms with E-state index < -0.39 is 28.3 Å². The van der Waals surface area contributed by atoms with Crippen LogP contribution in [0.1, 0.15) is 92.2 Å². The Bertz CT molecular complexity index is 2390. The van der Waals surface area contributed by atoms with Gasteiger partial charge in [0.15, 0.2) is 6.29 Å². The Morgan fingerprint density at radius 3 is 2.23 bits per heavy atom. The Morgan fingerprint density at radius 2 is 1.51 bits per heavy atom. The van der Waals surface area contributed by atoms with E-state index in [1.54, 1.807) is 24.3 Å². The molecule has 61 heavy (non-hydrogen) atoms. The van der Waals surface area contributed by atoms with Gasteiger partial charge < -0.3 is 19.9 Å². The molecular formula is C51H59N3O6S. The highest BCUT2D eigenvalue weighted by molar-refractivity contribution is 7.89. The van der Waals surface area contributed by atoms with Crippen molar-refractivity contribution in [2.24, 2.45) is 10.8 Å². The zero-order valence-corrected chi connectivity index (χ0v) is 36.5. The SMILES string of the molecule is Cc1ccc(S(=O)(=O)N[C@H](Cc2ccccc2)C(=O)NCc2cccc(-c3ccc([C@@H]4O[C@H](CN5CC6(C)CC5CC(C)(C)C6)C[C@H](c5ccc(CO)cc5)O4)cc3)c2)cc1. The van der Waals surface area contributed by atoms with Crippen LogP contribution >= 0.6 is 0 Å². The number of hydrogen-bond donors (Lipinski definition) is 3. The van der Waals surface area contributed by atoms with Crippen LogP contribution in [0.25, 0.3) is 11.1 Å². The Morgan fingerprint density at radius 1 is 0.803 bits per heavy atom. The maximum atomic E-state index is 13.7. The van der Waals surface area contributed by atoms with Crippen molar-refractivity contribution >= 4 is 15.9 Å². The number of aliphatic hydroxyl groups is 1. The normalized spacial score (nSPS) is 24.3. The fourth-order valence-corrected chi connectivity index (χ4v) is 11.3. The molecule has 0 radical (unpaired) electrons. The quantitative estimate of drug-likeness (QED) is 0.102. The van der Waals surface area contributed by atoms with Gasteiger partial charge in [0.1, 0.15) is 6.04 Å². The van der Waals surface area contributed by atoms with Crippen LogP contribution < -0.4 is 10.0 Å². The summed E-state index contributed by atoms with van der Waals surface area (Å²) in [6, 6.07) is 39.9. The molecule has 0 aromatic heterocycles. The first-order valence-corrected chi connectivity index (χ1v) is 23.1. The van der Waals surface area contributed by atoms with Crippen molar-refractivity contribution in [3.8, 4) is 11.1 Å². The summed E-state index contributed by atoms with van der Waals surface area (Å²) in [5, 5.41) is 12.7. The standard InChI is InChI=1S/C51H59N3O6S/c1-35-13-23-45(24-14-35)61(57,58)53-46(26-36-9-6-5-7-10-36)48(56)52-30-38-11-8-12-42(25-38)39-19-21-41(22-20-39)49-59-44(27-47(60-49)40-17-15-37(32-55)16-18-40)31-54-34-51(4)29-43(54)28-50(2,3)33-51/h5-25,43-44,46-47,49,53,55H,26-34H2,1-4H3,(H,52,56)/t43?,44-,46+,47+,49+,51?/m0/s1. The molecule has 5 aromatic rings. The lowest BCUT2D eigenvalue weighted by Crippen LogP contribution is -2.47. The topological polar surface area (TPSA) is 117 Å². The van der Waals surface area contributed by atoms with E-state index in [1.165, 1.54) is 19.3 Å². The number of carbonyl (C=O) groups is 1. The van der Waals surface area contributed by atoms with Crippen LogP contribution in [-0.4, -0.2) is 55.6 Å². The second-order valence-electron chi connectivity index (χ2n) is 18.7. The number of carbonyl (C=O) groups excluding carboxylic acids is 1. The number of nitrogens with zero attached hydrogens (tertiary/aromatic N) is 1. The minimum absolute atomic E-state index is 0.00360. The van der Waals surface area contributed by atoms with Crippen LogP contribution in [0.2, 0.25) is 0 Å². The summed E-state index contributed by atoms with van der Waals surface area (Å²) < 4.78 is 43.0. The van der Waals surface area contributed by atoms with E-state index in [-0.39, 0.29) is 36.7 Å². The molecule has 3 N–H and O–H groups in total. The van der Waals surface area contributed by atoms with Crippen molar-refractivity contribution in [2.45, 2.75) is 108 Å². The summed E-state index contributed by atoms with van der Waals surface area (Å²) in [5.74, 6) is -0.409. The van der Waals surface area contributed by atoms with E-state index in [0.29, 0.717) is 16.9 Å². The molecule has 3 fully saturated rings. The number of nitrogens with one attached hydrogen (secondary N) is 2. The van der Waals surface area contributed by atoms with Gasteiger partial charge in [-0.3, -0.25) is 9.69 Å². The van der Waals surface area contributed by atoms with E-state index >= 15 is 0 Å². The lowest BCUT2D eigenvalue weighted by Gasteiger charge is -2.41. The van der Waals surface area contributed by atoms with Crippen molar-refractivity contribution < 1.29 is 27.8 Å². The number of hydrogen-bond acceptors (Lipinski definition) is 7. The number of likely N-dealkylation sites (tertiary alicyclic amines) is 1. The summed E-state index contributed by atoms with van der Waals surface area (Å²) in [7, 11) is -3.96. The first kappa shape index (κ1) is 43.0. The molecule has 6 atom stereocenters. The van der Waals surface area contributed by atoms with Crippen LogP contribution in [0.3, 0.4) is 0 Å². The van der Waals surface area contributed by atoms with Gasteiger partial charge in [0.05, 0.1) is 23.7 Å². The minimum atomic E-state index is -3.96. The molecule has 8 rings (SSSR count). The molecule has 2 unspecified atom stereocenters. The number of fused-ring (bicyclic) bond motifs is 2. The number of rotatable bonds is 14. The molecule has 1 saturated carbocycles. The van der Waals surface area contributed by atoms with Gasteiger partial charge in [0.25, 0.3) is 0 Å². The average molecular weight is 842 g/mol. The molecule has 1 aliphatic carbocycles. The molecule has 5 aromatic carbocycles. The van der Waals surface area contributed by atoms with E-state index in [9.17, 15) is 18.3 Å². The third-order valence-corrected chi connectivity index (χ3v) is 14.2. The van der Waals surface area contributed by atoms with Crippen molar-refractivity contribution in [1.82, 2.24) is 14.9 Å². The molecule has 2 aliphatic heterocycles. The first-order chi connectivity index (χ1) is 29.2. The molecule has 2 heterocycles. The maximum Gasteiger partial charge on any atom is 0.241 e. The second-order valence-corrected chi connectivity index (χ2v) is 20.4. The van der Waals surface area contributed by atoms with Crippen molar-refractivity contribution in [1.29, 1.82) is 0 Å². The van der Waals surface area contributed by atoms with Crippen LogP contribution in [0.15, 0.2) is 132 Å². The number of aryl methyl sites for hydroxylation is 1. The van der Waals surface area contributed by atoms with Crippen molar-refractivity contribution in [2.75, 3.05) is 13.1 Å². The van der Waals surface area contributed by atoms with Crippen LogP contribution in [0, 0.1) is 17.8 Å². The Balaban J connectivity index is 0.956. The summed E-state index contributed by atoms with van der Waals surface area (Å²) in [5.41, 5.74) is 8.25.